The van der Waals surface area contributed by atoms with Crippen molar-refractivity contribution in [2.75, 3.05) is 12.8 Å². The number of anilines is 1. The zero-order chi connectivity index (χ0) is 14.8. The van der Waals surface area contributed by atoms with Crippen molar-refractivity contribution in [3.8, 4) is 0 Å². The van der Waals surface area contributed by atoms with Crippen LogP contribution in [-0.4, -0.2) is 11.9 Å². The van der Waals surface area contributed by atoms with Crippen LogP contribution in [0.25, 0.3) is 0 Å². The van der Waals surface area contributed by atoms with Gasteiger partial charge in [0.25, 0.3) is 0 Å². The van der Waals surface area contributed by atoms with Crippen LogP contribution in [-0.2, 0) is 13.0 Å². The summed E-state index contributed by atoms with van der Waals surface area (Å²) in [6.45, 7) is 3.34. The van der Waals surface area contributed by atoms with Crippen LogP contribution in [0.2, 0.25) is 0 Å². The van der Waals surface area contributed by atoms with E-state index in [0.717, 1.165) is 12.2 Å². The molecular weight excluding hydrogens is 256 g/mol. The molecule has 0 aromatic heterocycles. The van der Waals surface area contributed by atoms with Crippen LogP contribution in [0.5, 0.6) is 0 Å². The molecule has 0 saturated heterocycles. The van der Waals surface area contributed by atoms with Crippen molar-refractivity contribution < 1.29 is 0 Å². The first-order chi connectivity index (χ1) is 10.1. The van der Waals surface area contributed by atoms with E-state index < -0.39 is 0 Å². The van der Waals surface area contributed by atoms with Gasteiger partial charge in [0.05, 0.1) is 0 Å². The average Bonchev–Trinajstić information content (AvgIpc) is 2.47. The van der Waals surface area contributed by atoms with Crippen LogP contribution in [0.3, 0.4) is 0 Å². The van der Waals surface area contributed by atoms with Crippen LogP contribution in [0, 0.1) is 5.92 Å². The second-order valence-electron chi connectivity index (χ2n) is 6.32. The number of hydrogen-bond donors (Lipinski definition) is 1. The third-order valence-electron chi connectivity index (χ3n) is 4.65. The molecule has 21 heavy (non-hydrogen) atoms. The summed E-state index contributed by atoms with van der Waals surface area (Å²) in [6.07, 6.45) is 2.42. The highest BCUT2D eigenvalue weighted by Gasteiger charge is 2.29. The summed E-state index contributed by atoms with van der Waals surface area (Å²) in [4.78, 5) is 2.47. The van der Waals surface area contributed by atoms with Gasteiger partial charge in [0.1, 0.15) is 0 Å². The van der Waals surface area contributed by atoms with E-state index in [1.807, 2.05) is 6.07 Å². The first-order valence-electron chi connectivity index (χ1n) is 7.77. The zero-order valence-electron chi connectivity index (χ0n) is 12.9. The fourth-order valence-electron chi connectivity index (χ4n) is 3.61. The molecule has 0 amide bonds. The summed E-state index contributed by atoms with van der Waals surface area (Å²) in [5.74, 6) is 0.660. The van der Waals surface area contributed by atoms with Crippen LogP contribution >= 0.6 is 0 Å². The van der Waals surface area contributed by atoms with E-state index in [4.69, 9.17) is 5.73 Å². The molecule has 2 nitrogen and oxygen atoms in total. The Bertz CT molecular complexity index is 606. The lowest BCUT2D eigenvalue weighted by Gasteiger charge is -2.38. The Balaban J connectivity index is 1.88. The summed E-state index contributed by atoms with van der Waals surface area (Å²) in [6, 6.07) is 17.6. The maximum absolute atomic E-state index is 6.02. The van der Waals surface area contributed by atoms with Crippen LogP contribution in [0.4, 0.5) is 5.69 Å². The van der Waals surface area contributed by atoms with Crippen molar-refractivity contribution in [1.82, 2.24) is 4.90 Å². The Morgan fingerprint density at radius 3 is 2.67 bits per heavy atom. The van der Waals surface area contributed by atoms with Crippen LogP contribution < -0.4 is 5.73 Å². The van der Waals surface area contributed by atoms with E-state index in [0.29, 0.717) is 12.0 Å². The van der Waals surface area contributed by atoms with Crippen molar-refractivity contribution in [1.29, 1.82) is 0 Å². The molecule has 0 saturated carbocycles. The zero-order valence-corrected chi connectivity index (χ0v) is 12.9. The predicted molar refractivity (Wildman–Crippen MR) is 89.0 cm³/mol. The molecule has 2 aromatic rings. The van der Waals surface area contributed by atoms with E-state index in [1.165, 1.54) is 29.5 Å². The summed E-state index contributed by atoms with van der Waals surface area (Å²) in [7, 11) is 2.23. The maximum atomic E-state index is 6.02. The van der Waals surface area contributed by atoms with Gasteiger partial charge < -0.3 is 5.73 Å². The fourth-order valence-corrected chi connectivity index (χ4v) is 3.61. The number of nitrogens with two attached hydrogens (primary N) is 1. The van der Waals surface area contributed by atoms with Gasteiger partial charge in [0, 0.05) is 18.3 Å². The Morgan fingerprint density at radius 2 is 1.90 bits per heavy atom. The lowest BCUT2D eigenvalue weighted by Crippen LogP contribution is -2.32. The van der Waals surface area contributed by atoms with Crippen molar-refractivity contribution in [3.63, 3.8) is 0 Å². The molecule has 0 heterocycles. The first-order valence-corrected chi connectivity index (χ1v) is 7.77. The minimum absolute atomic E-state index is 0.456. The number of aryl methyl sites for hydroxylation is 1. The number of nitrogens with zero attached hydrogens (tertiary/aromatic N) is 1. The lowest BCUT2D eigenvalue weighted by atomic mass is 9.79. The number of benzene rings is 2. The second-order valence-corrected chi connectivity index (χ2v) is 6.32. The van der Waals surface area contributed by atoms with Gasteiger partial charge >= 0.3 is 0 Å². The van der Waals surface area contributed by atoms with Gasteiger partial charge in [-0.25, -0.2) is 0 Å². The van der Waals surface area contributed by atoms with Gasteiger partial charge in [-0.1, -0.05) is 43.3 Å². The molecule has 110 valence electrons. The summed E-state index contributed by atoms with van der Waals surface area (Å²) in [5, 5.41) is 0. The Morgan fingerprint density at radius 1 is 1.14 bits per heavy atom. The molecular formula is C19H24N2. The summed E-state index contributed by atoms with van der Waals surface area (Å²) in [5.41, 5.74) is 11.2. The SMILES string of the molecule is CC1CCc2ccc(N)cc2C1N(C)Cc1ccccc1. The molecule has 0 fully saturated rings. The van der Waals surface area contributed by atoms with E-state index in [-0.39, 0.29) is 0 Å². The van der Waals surface area contributed by atoms with Gasteiger partial charge in [-0.3, -0.25) is 4.90 Å². The quantitative estimate of drug-likeness (QED) is 0.860. The highest BCUT2D eigenvalue weighted by atomic mass is 15.1. The molecule has 0 bridgehead atoms. The van der Waals surface area contributed by atoms with Gasteiger partial charge in [-0.2, -0.15) is 0 Å². The van der Waals surface area contributed by atoms with Crippen LogP contribution in [0.1, 0.15) is 36.1 Å². The highest BCUT2D eigenvalue weighted by molar-refractivity contribution is 5.47. The van der Waals surface area contributed by atoms with E-state index in [1.54, 1.807) is 0 Å². The van der Waals surface area contributed by atoms with Gasteiger partial charge in [-0.15, -0.1) is 0 Å². The van der Waals surface area contributed by atoms with Gasteiger partial charge in [0.2, 0.25) is 0 Å². The molecule has 2 heteroatoms. The van der Waals surface area contributed by atoms with E-state index in [2.05, 4.69) is 61.3 Å². The Kier molecular flexibility index (Phi) is 3.98. The minimum Gasteiger partial charge on any atom is -0.399 e. The standard InChI is InChI=1S/C19H24N2/c1-14-8-9-16-10-11-17(20)12-18(16)19(14)21(2)13-15-6-4-3-5-7-15/h3-7,10-12,14,19H,8-9,13,20H2,1-2H3. The Hall–Kier alpha value is -1.80. The molecule has 0 radical (unpaired) electrons. The van der Waals surface area contributed by atoms with Gasteiger partial charge in [-0.05, 0) is 54.6 Å². The summed E-state index contributed by atoms with van der Waals surface area (Å²) < 4.78 is 0. The molecule has 2 N–H and O–H groups in total. The lowest BCUT2D eigenvalue weighted by molar-refractivity contribution is 0.161. The van der Waals surface area contributed by atoms with E-state index >= 15 is 0 Å². The fraction of sp³-hybridized carbons (Fsp3) is 0.368. The molecule has 0 spiro atoms. The molecule has 2 unspecified atom stereocenters. The van der Waals surface area contributed by atoms with Crippen molar-refractivity contribution in [2.24, 2.45) is 5.92 Å². The summed E-state index contributed by atoms with van der Waals surface area (Å²) >= 11 is 0. The smallest absolute Gasteiger partial charge is 0.0377 e. The number of fused-ring (bicyclic) bond motifs is 1. The minimum atomic E-state index is 0.456. The molecule has 2 aromatic carbocycles. The molecule has 3 rings (SSSR count). The molecule has 1 aliphatic rings. The number of hydrogen-bond acceptors (Lipinski definition) is 2. The monoisotopic (exact) mass is 280 g/mol. The predicted octanol–water partition coefficient (Wildman–Crippen LogP) is 4.02. The molecule has 1 aliphatic carbocycles. The largest absolute Gasteiger partial charge is 0.399 e. The van der Waals surface area contributed by atoms with Gasteiger partial charge in [0.15, 0.2) is 0 Å². The third-order valence-corrected chi connectivity index (χ3v) is 4.65. The number of nitrogen functional groups attached to an aromatic ring is 1. The molecule has 2 atom stereocenters. The van der Waals surface area contributed by atoms with Crippen molar-refractivity contribution in [3.05, 3.63) is 65.2 Å². The second kappa shape index (κ2) is 5.90. The van der Waals surface area contributed by atoms with Crippen molar-refractivity contribution >= 4 is 5.69 Å². The number of rotatable bonds is 3. The first kappa shape index (κ1) is 14.2. The highest BCUT2D eigenvalue weighted by Crippen LogP contribution is 2.39. The van der Waals surface area contributed by atoms with Crippen LogP contribution in [0.15, 0.2) is 48.5 Å². The topological polar surface area (TPSA) is 29.3 Å². The average molecular weight is 280 g/mol. The molecule has 0 aliphatic heterocycles. The third kappa shape index (κ3) is 2.96. The van der Waals surface area contributed by atoms with E-state index in [9.17, 15) is 0 Å². The Labute approximate surface area is 127 Å². The van der Waals surface area contributed by atoms with Crippen molar-refractivity contribution in [2.45, 2.75) is 32.4 Å². The normalized spacial score (nSPS) is 21.3. The maximum Gasteiger partial charge on any atom is 0.0377 e.